The van der Waals surface area contributed by atoms with Crippen molar-refractivity contribution in [3.8, 4) is 11.5 Å². The van der Waals surface area contributed by atoms with Gasteiger partial charge in [-0.15, -0.1) is 5.10 Å². The van der Waals surface area contributed by atoms with Gasteiger partial charge in [-0.25, -0.2) is 9.07 Å². The van der Waals surface area contributed by atoms with Crippen molar-refractivity contribution in [3.63, 3.8) is 0 Å². The summed E-state index contributed by atoms with van der Waals surface area (Å²) in [5.41, 5.74) is 2.00. The number of rotatable bonds is 11. The van der Waals surface area contributed by atoms with Crippen molar-refractivity contribution >= 4 is 10.9 Å². The third-order valence-electron chi connectivity index (χ3n) is 7.19. The lowest BCUT2D eigenvalue weighted by Gasteiger charge is -2.32. The molecule has 1 aliphatic heterocycles. The average Bonchev–Trinajstić information content (AvgIpc) is 3.62. The lowest BCUT2D eigenvalue weighted by atomic mass is 10.1. The molecule has 10 nitrogen and oxygen atoms in total. The van der Waals surface area contributed by atoms with E-state index in [1.54, 1.807) is 37.1 Å². The summed E-state index contributed by atoms with van der Waals surface area (Å²) < 4.78 is 32.0. The second-order valence-electron chi connectivity index (χ2n) is 9.73. The minimum atomic E-state index is -0.290. The minimum absolute atomic E-state index is 0.0596. The Morgan fingerprint density at radius 1 is 1.18 bits per heavy atom. The number of hydrogen-bond donors (Lipinski definition) is 1. The van der Waals surface area contributed by atoms with Crippen molar-refractivity contribution in [1.82, 2.24) is 30.1 Å². The molecule has 2 aromatic carbocycles. The van der Waals surface area contributed by atoms with Crippen LogP contribution in [0, 0.1) is 5.82 Å². The van der Waals surface area contributed by atoms with Crippen LogP contribution < -0.4 is 15.0 Å². The second kappa shape index (κ2) is 11.9. The molecule has 0 saturated carbocycles. The Labute approximate surface area is 225 Å². The zero-order chi connectivity index (χ0) is 27.4. The van der Waals surface area contributed by atoms with Crippen LogP contribution in [0.25, 0.3) is 10.9 Å². The van der Waals surface area contributed by atoms with Gasteiger partial charge < -0.3 is 19.2 Å². The maximum atomic E-state index is 13.4. The lowest BCUT2D eigenvalue weighted by Crippen LogP contribution is -2.37. The van der Waals surface area contributed by atoms with Crippen molar-refractivity contribution < 1.29 is 18.6 Å². The highest BCUT2D eigenvalue weighted by Crippen LogP contribution is 2.32. The van der Waals surface area contributed by atoms with E-state index in [-0.39, 0.29) is 23.5 Å². The molecule has 0 amide bonds. The molecular weight excluding hydrogens is 503 g/mol. The number of benzene rings is 2. The van der Waals surface area contributed by atoms with Gasteiger partial charge >= 0.3 is 0 Å². The van der Waals surface area contributed by atoms with E-state index in [1.807, 2.05) is 12.1 Å². The molecule has 1 saturated heterocycles. The number of fused-ring (bicyclic) bond motifs is 1. The van der Waals surface area contributed by atoms with Crippen LogP contribution >= 0.6 is 0 Å². The lowest BCUT2D eigenvalue weighted by molar-refractivity contribution is 0.0489. The van der Waals surface area contributed by atoms with E-state index in [2.05, 4.69) is 32.3 Å². The van der Waals surface area contributed by atoms with E-state index in [0.29, 0.717) is 54.5 Å². The highest BCUT2D eigenvalue weighted by Gasteiger charge is 2.29. The van der Waals surface area contributed by atoms with E-state index < -0.39 is 0 Å². The Bertz CT molecular complexity index is 1470. The van der Waals surface area contributed by atoms with E-state index in [9.17, 15) is 9.18 Å². The van der Waals surface area contributed by atoms with Gasteiger partial charge in [-0.2, -0.15) is 0 Å². The van der Waals surface area contributed by atoms with Crippen LogP contribution in [0.2, 0.25) is 0 Å². The standard InChI is InChI=1S/C28H33FN6O4/c1-4-24(27-31-32-33-35(27)15-18-7-9-21(29)10-8-18)34(17-22-6-5-11-39-22)16-20-12-19-13-25(37-2)26(38-3)14-23(19)30-28(20)36/h7-10,12-14,22,24H,4-6,11,15-17H2,1-3H3,(H,30,36)/t22-,24+/m1/s1. The SMILES string of the molecule is CC[C@@H](c1nnnn1Cc1ccc(F)cc1)N(Cc1cc2cc(OC)c(OC)cc2[nH]c1=O)C[C@H]1CCCO1. The molecule has 0 aliphatic carbocycles. The van der Waals surface area contributed by atoms with Crippen molar-refractivity contribution in [2.45, 2.75) is 51.4 Å². The highest BCUT2D eigenvalue weighted by atomic mass is 19.1. The molecule has 4 aromatic rings. The van der Waals surface area contributed by atoms with Crippen LogP contribution in [0.3, 0.4) is 0 Å². The second-order valence-corrected chi connectivity index (χ2v) is 9.73. The van der Waals surface area contributed by atoms with Gasteiger partial charge in [0.2, 0.25) is 0 Å². The van der Waals surface area contributed by atoms with Gasteiger partial charge in [0.1, 0.15) is 5.82 Å². The van der Waals surface area contributed by atoms with Crippen molar-refractivity contribution in [1.29, 1.82) is 0 Å². The van der Waals surface area contributed by atoms with Gasteiger partial charge in [-0.1, -0.05) is 19.1 Å². The molecule has 0 spiro atoms. The third-order valence-corrected chi connectivity index (χ3v) is 7.19. The molecule has 0 bridgehead atoms. The number of hydrogen-bond acceptors (Lipinski definition) is 8. The first-order valence-electron chi connectivity index (χ1n) is 13.1. The van der Waals surface area contributed by atoms with Gasteiger partial charge in [-0.3, -0.25) is 9.69 Å². The first-order valence-corrected chi connectivity index (χ1v) is 13.1. The number of nitrogens with zero attached hydrogens (tertiary/aromatic N) is 5. The summed E-state index contributed by atoms with van der Waals surface area (Å²) in [7, 11) is 3.15. The number of nitrogens with one attached hydrogen (secondary N) is 1. The number of methoxy groups -OCH3 is 2. The van der Waals surface area contributed by atoms with Crippen LogP contribution in [0.1, 0.15) is 49.2 Å². The number of aromatic amines is 1. The molecule has 1 aliphatic rings. The molecule has 206 valence electrons. The van der Waals surface area contributed by atoms with Crippen LogP contribution in [0.5, 0.6) is 11.5 Å². The maximum Gasteiger partial charge on any atom is 0.252 e. The van der Waals surface area contributed by atoms with Gasteiger partial charge in [0, 0.05) is 36.7 Å². The summed E-state index contributed by atoms with van der Waals surface area (Å²) >= 11 is 0. The van der Waals surface area contributed by atoms with Crippen LogP contribution in [-0.2, 0) is 17.8 Å². The Morgan fingerprint density at radius 3 is 2.64 bits per heavy atom. The normalized spacial score (nSPS) is 16.2. The Hall–Kier alpha value is -3.83. The van der Waals surface area contributed by atoms with Gasteiger partial charge in [0.15, 0.2) is 17.3 Å². The van der Waals surface area contributed by atoms with E-state index >= 15 is 0 Å². The summed E-state index contributed by atoms with van der Waals surface area (Å²) in [5.74, 6) is 1.53. The van der Waals surface area contributed by atoms with Crippen molar-refractivity contribution in [3.05, 3.63) is 75.6 Å². The van der Waals surface area contributed by atoms with Crippen molar-refractivity contribution in [2.75, 3.05) is 27.4 Å². The van der Waals surface area contributed by atoms with Crippen LogP contribution in [0.15, 0.2) is 47.3 Å². The maximum absolute atomic E-state index is 13.4. The highest BCUT2D eigenvalue weighted by molar-refractivity contribution is 5.83. The average molecular weight is 537 g/mol. The first kappa shape index (κ1) is 26.8. The van der Waals surface area contributed by atoms with Gasteiger partial charge in [0.05, 0.1) is 38.4 Å². The predicted octanol–water partition coefficient (Wildman–Crippen LogP) is 3.85. The van der Waals surface area contributed by atoms with Gasteiger partial charge in [-0.05, 0) is 59.5 Å². The predicted molar refractivity (Wildman–Crippen MR) is 143 cm³/mol. The third kappa shape index (κ3) is 5.94. The zero-order valence-corrected chi connectivity index (χ0v) is 22.4. The molecule has 0 radical (unpaired) electrons. The number of aromatic nitrogens is 5. The number of tetrazole rings is 1. The van der Waals surface area contributed by atoms with Crippen molar-refractivity contribution in [2.24, 2.45) is 0 Å². The molecule has 11 heteroatoms. The first-order chi connectivity index (χ1) is 19.0. The summed E-state index contributed by atoms with van der Waals surface area (Å²) in [6, 6.07) is 11.7. The molecule has 1 N–H and O–H groups in total. The zero-order valence-electron chi connectivity index (χ0n) is 22.4. The van der Waals surface area contributed by atoms with E-state index in [4.69, 9.17) is 14.2 Å². The number of halogens is 1. The largest absolute Gasteiger partial charge is 0.493 e. The fraction of sp³-hybridized carbons (Fsp3) is 0.429. The summed E-state index contributed by atoms with van der Waals surface area (Å²) in [5, 5.41) is 13.4. The molecule has 1 fully saturated rings. The summed E-state index contributed by atoms with van der Waals surface area (Å²) in [6.07, 6.45) is 2.74. The molecule has 39 heavy (non-hydrogen) atoms. The number of pyridine rings is 1. The fourth-order valence-electron chi connectivity index (χ4n) is 5.20. The molecule has 5 rings (SSSR count). The Morgan fingerprint density at radius 2 is 1.95 bits per heavy atom. The fourth-order valence-corrected chi connectivity index (χ4v) is 5.20. The molecule has 3 heterocycles. The van der Waals surface area contributed by atoms with Gasteiger partial charge in [0.25, 0.3) is 5.56 Å². The van der Waals surface area contributed by atoms with Crippen LogP contribution in [0.4, 0.5) is 4.39 Å². The molecular formula is C28H33FN6O4. The van der Waals surface area contributed by atoms with E-state index in [0.717, 1.165) is 30.4 Å². The monoisotopic (exact) mass is 536 g/mol. The molecule has 2 aromatic heterocycles. The van der Waals surface area contributed by atoms with E-state index in [1.165, 1.54) is 12.1 Å². The quantitative estimate of drug-likeness (QED) is 0.308. The molecule has 0 unspecified atom stereocenters. The topological polar surface area (TPSA) is 107 Å². The number of ether oxygens (including phenoxy) is 3. The summed E-state index contributed by atoms with van der Waals surface area (Å²) in [4.78, 5) is 18.5. The molecule has 2 atom stereocenters. The number of H-pyrrole nitrogens is 1. The Balaban J connectivity index is 1.48. The Kier molecular flexibility index (Phi) is 8.18. The van der Waals surface area contributed by atoms with Crippen LogP contribution in [-0.4, -0.2) is 63.6 Å². The smallest absolute Gasteiger partial charge is 0.252 e. The minimum Gasteiger partial charge on any atom is -0.493 e. The summed E-state index contributed by atoms with van der Waals surface area (Å²) in [6.45, 7) is 4.22.